The van der Waals surface area contributed by atoms with E-state index >= 15 is 0 Å². The molecule has 0 spiro atoms. The predicted octanol–water partition coefficient (Wildman–Crippen LogP) is 1.79. The highest BCUT2D eigenvalue weighted by Gasteiger charge is 2.17. The van der Waals surface area contributed by atoms with E-state index in [2.05, 4.69) is 16.9 Å². The number of carbonyl (C=O) groups is 1. The fourth-order valence-electron chi connectivity index (χ4n) is 1.03. The lowest BCUT2D eigenvalue weighted by atomic mass is 10.2. The Morgan fingerprint density at radius 2 is 2.33 bits per heavy atom. The summed E-state index contributed by atoms with van der Waals surface area (Å²) >= 11 is 5.64. The quantitative estimate of drug-likeness (QED) is 0.618. The predicted molar refractivity (Wildman–Crippen MR) is 50.1 cm³/mol. The molecule has 1 atom stereocenters. The summed E-state index contributed by atoms with van der Waals surface area (Å²) in [7, 11) is 0. The first-order chi connectivity index (χ1) is 5.77. The van der Waals surface area contributed by atoms with Gasteiger partial charge in [0.2, 0.25) is 0 Å². The first-order valence-electron chi connectivity index (χ1n) is 4.04. The first-order valence-corrected chi connectivity index (χ1v) is 4.42. The molecule has 1 heterocycles. The van der Waals surface area contributed by atoms with Crippen molar-refractivity contribution in [3.05, 3.63) is 0 Å². The van der Waals surface area contributed by atoms with Gasteiger partial charge < -0.3 is 0 Å². The zero-order chi connectivity index (χ0) is 8.97. The van der Waals surface area contributed by atoms with Crippen molar-refractivity contribution >= 4 is 28.8 Å². The van der Waals surface area contributed by atoms with Crippen LogP contribution in [0.1, 0.15) is 26.2 Å². The molecular formula is C8H11ClN2O. The van der Waals surface area contributed by atoms with Gasteiger partial charge >= 0.3 is 0 Å². The van der Waals surface area contributed by atoms with Gasteiger partial charge in [-0.1, -0.05) is 24.9 Å². The standard InChI is InChI=1S/C8H11ClN2O/c1-2-3-4-7-10-6(5-12)8(9)11-7/h5,7H,2-4H2,1H3/t7-/m1/s1. The second kappa shape index (κ2) is 4.36. The fourth-order valence-corrected chi connectivity index (χ4v) is 1.24. The van der Waals surface area contributed by atoms with Gasteiger partial charge in [0.25, 0.3) is 0 Å². The Kier molecular flexibility index (Phi) is 3.41. The molecule has 0 aromatic rings. The third kappa shape index (κ3) is 2.14. The van der Waals surface area contributed by atoms with Crippen molar-refractivity contribution in [1.82, 2.24) is 0 Å². The van der Waals surface area contributed by atoms with Gasteiger partial charge in [0.05, 0.1) is 0 Å². The van der Waals surface area contributed by atoms with Crippen molar-refractivity contribution in [3.63, 3.8) is 0 Å². The van der Waals surface area contributed by atoms with Gasteiger partial charge in [-0.2, -0.15) is 0 Å². The number of rotatable bonds is 4. The van der Waals surface area contributed by atoms with Gasteiger partial charge in [-0.25, -0.2) is 4.99 Å². The smallest absolute Gasteiger partial charge is 0.171 e. The minimum Gasteiger partial charge on any atom is -0.296 e. The summed E-state index contributed by atoms with van der Waals surface area (Å²) in [6.45, 7) is 2.10. The number of carbonyl (C=O) groups excluding carboxylic acids is 1. The number of unbranched alkanes of at least 4 members (excludes halogenated alkanes) is 1. The zero-order valence-electron chi connectivity index (χ0n) is 6.96. The maximum absolute atomic E-state index is 10.3. The molecule has 0 saturated heterocycles. The highest BCUT2D eigenvalue weighted by Crippen LogP contribution is 2.13. The van der Waals surface area contributed by atoms with E-state index in [4.69, 9.17) is 11.6 Å². The van der Waals surface area contributed by atoms with Gasteiger partial charge in [-0.15, -0.1) is 0 Å². The molecule has 1 rings (SSSR count). The van der Waals surface area contributed by atoms with E-state index < -0.39 is 0 Å². The Balaban J connectivity index is 2.51. The average molecular weight is 187 g/mol. The summed E-state index contributed by atoms with van der Waals surface area (Å²) in [5.74, 6) is 0. The molecule has 4 heteroatoms. The molecule has 66 valence electrons. The van der Waals surface area contributed by atoms with E-state index in [0.717, 1.165) is 19.3 Å². The number of nitrogens with zero attached hydrogens (tertiary/aromatic N) is 2. The second-order valence-corrected chi connectivity index (χ2v) is 3.03. The Bertz CT molecular complexity index is 235. The number of halogens is 1. The fraction of sp³-hybridized carbons (Fsp3) is 0.625. The van der Waals surface area contributed by atoms with Gasteiger partial charge in [-0.05, 0) is 12.8 Å². The molecule has 0 amide bonds. The third-order valence-electron chi connectivity index (χ3n) is 1.69. The van der Waals surface area contributed by atoms with Crippen LogP contribution in [-0.2, 0) is 4.79 Å². The minimum atomic E-state index is -0.113. The van der Waals surface area contributed by atoms with Gasteiger partial charge in [0.1, 0.15) is 11.9 Å². The molecule has 0 aromatic heterocycles. The Morgan fingerprint density at radius 3 is 2.83 bits per heavy atom. The molecule has 0 saturated carbocycles. The molecule has 0 unspecified atom stereocenters. The highest BCUT2D eigenvalue weighted by atomic mass is 35.5. The van der Waals surface area contributed by atoms with Gasteiger partial charge in [0, 0.05) is 0 Å². The van der Waals surface area contributed by atoms with E-state index in [-0.39, 0.29) is 17.0 Å². The molecular weight excluding hydrogens is 176 g/mol. The van der Waals surface area contributed by atoms with Crippen LogP contribution in [0.3, 0.4) is 0 Å². The van der Waals surface area contributed by atoms with Crippen molar-refractivity contribution in [2.75, 3.05) is 0 Å². The Morgan fingerprint density at radius 1 is 1.58 bits per heavy atom. The number of hydrogen-bond donors (Lipinski definition) is 0. The molecule has 0 aliphatic carbocycles. The van der Waals surface area contributed by atoms with Crippen LogP contribution in [0.15, 0.2) is 9.98 Å². The Hall–Kier alpha value is -0.700. The third-order valence-corrected chi connectivity index (χ3v) is 1.98. The monoisotopic (exact) mass is 186 g/mol. The average Bonchev–Trinajstić information content (AvgIpc) is 2.43. The van der Waals surface area contributed by atoms with Crippen molar-refractivity contribution in [3.8, 4) is 0 Å². The van der Waals surface area contributed by atoms with Crippen LogP contribution in [0.4, 0.5) is 0 Å². The number of aliphatic imine (C=N–C) groups is 2. The van der Waals surface area contributed by atoms with Crippen LogP contribution in [0.5, 0.6) is 0 Å². The van der Waals surface area contributed by atoms with Crippen LogP contribution in [0.25, 0.3) is 0 Å². The lowest BCUT2D eigenvalue weighted by molar-refractivity contribution is -0.102. The van der Waals surface area contributed by atoms with Crippen molar-refractivity contribution in [2.45, 2.75) is 32.4 Å². The van der Waals surface area contributed by atoms with E-state index in [1.807, 2.05) is 0 Å². The molecule has 0 fully saturated rings. The van der Waals surface area contributed by atoms with Crippen LogP contribution < -0.4 is 0 Å². The summed E-state index contributed by atoms with van der Waals surface area (Å²) in [6, 6.07) is 0. The minimum absolute atomic E-state index is 0.113. The number of aldehydes is 1. The highest BCUT2D eigenvalue weighted by molar-refractivity contribution is 6.91. The van der Waals surface area contributed by atoms with Crippen molar-refractivity contribution < 1.29 is 4.79 Å². The van der Waals surface area contributed by atoms with Crippen LogP contribution in [0, 0.1) is 0 Å². The molecule has 0 radical (unpaired) electrons. The molecule has 12 heavy (non-hydrogen) atoms. The number of hydrogen-bond acceptors (Lipinski definition) is 3. The van der Waals surface area contributed by atoms with Crippen LogP contribution in [0.2, 0.25) is 0 Å². The topological polar surface area (TPSA) is 41.8 Å². The van der Waals surface area contributed by atoms with Gasteiger partial charge in [0.15, 0.2) is 11.5 Å². The second-order valence-electron chi connectivity index (χ2n) is 2.67. The molecule has 1 aliphatic heterocycles. The van der Waals surface area contributed by atoms with Gasteiger partial charge in [-0.3, -0.25) is 9.79 Å². The molecule has 3 nitrogen and oxygen atoms in total. The van der Waals surface area contributed by atoms with Crippen LogP contribution >= 0.6 is 11.6 Å². The van der Waals surface area contributed by atoms with E-state index in [0.29, 0.717) is 6.29 Å². The van der Waals surface area contributed by atoms with Crippen molar-refractivity contribution in [1.29, 1.82) is 0 Å². The molecule has 0 bridgehead atoms. The normalized spacial score (nSPS) is 22.0. The molecule has 0 aromatic carbocycles. The van der Waals surface area contributed by atoms with Crippen molar-refractivity contribution in [2.24, 2.45) is 9.98 Å². The van der Waals surface area contributed by atoms with E-state index in [9.17, 15) is 4.79 Å². The summed E-state index contributed by atoms with van der Waals surface area (Å²) in [5, 5.41) is 0.256. The SMILES string of the molecule is CCCC[C@H]1N=C(Cl)C(C=O)=N1. The summed E-state index contributed by atoms with van der Waals surface area (Å²) in [6.07, 6.45) is 3.59. The molecule has 1 aliphatic rings. The van der Waals surface area contributed by atoms with E-state index in [1.165, 1.54) is 0 Å². The lowest BCUT2D eigenvalue weighted by Crippen LogP contribution is -2.04. The Labute approximate surface area is 76.5 Å². The zero-order valence-corrected chi connectivity index (χ0v) is 7.71. The maximum atomic E-state index is 10.3. The lowest BCUT2D eigenvalue weighted by Gasteiger charge is -1.99. The largest absolute Gasteiger partial charge is 0.296 e. The summed E-state index contributed by atoms with van der Waals surface area (Å²) in [5.41, 5.74) is 0.290. The van der Waals surface area contributed by atoms with E-state index in [1.54, 1.807) is 0 Å². The summed E-state index contributed by atoms with van der Waals surface area (Å²) in [4.78, 5) is 18.4. The first kappa shape index (κ1) is 9.39. The summed E-state index contributed by atoms with van der Waals surface area (Å²) < 4.78 is 0. The molecule has 0 N–H and O–H groups in total. The van der Waals surface area contributed by atoms with Crippen LogP contribution in [-0.4, -0.2) is 23.3 Å². The maximum Gasteiger partial charge on any atom is 0.171 e.